The van der Waals surface area contributed by atoms with E-state index in [9.17, 15) is 9.59 Å². The van der Waals surface area contributed by atoms with Crippen LogP contribution < -0.4 is 5.56 Å². The molecule has 0 aliphatic carbocycles. The topological polar surface area (TPSA) is 53.2 Å². The number of nitrogens with zero attached hydrogens (tertiary/aromatic N) is 1. The molecule has 0 spiro atoms. The number of rotatable bonds is 2. The quantitative estimate of drug-likeness (QED) is 0.920. The molecule has 4 heteroatoms. The third-order valence-corrected chi connectivity index (χ3v) is 4.04. The van der Waals surface area contributed by atoms with E-state index in [0.29, 0.717) is 0 Å². The molecule has 1 aromatic carbocycles. The number of hydrogen-bond acceptors (Lipinski definition) is 2. The number of aromatic nitrogens is 1. The van der Waals surface area contributed by atoms with Gasteiger partial charge in [-0.25, -0.2) is 0 Å². The van der Waals surface area contributed by atoms with E-state index < -0.39 is 0 Å². The van der Waals surface area contributed by atoms with Gasteiger partial charge >= 0.3 is 0 Å². The van der Waals surface area contributed by atoms with Gasteiger partial charge in [-0.1, -0.05) is 30.3 Å². The Morgan fingerprint density at radius 2 is 1.95 bits per heavy atom. The first-order chi connectivity index (χ1) is 10.2. The Labute approximate surface area is 123 Å². The van der Waals surface area contributed by atoms with Gasteiger partial charge < -0.3 is 9.88 Å². The fourth-order valence-corrected chi connectivity index (χ4v) is 2.82. The molecule has 4 nitrogen and oxygen atoms in total. The van der Waals surface area contributed by atoms with E-state index in [-0.39, 0.29) is 23.1 Å². The lowest BCUT2D eigenvalue weighted by Gasteiger charge is -2.21. The predicted molar refractivity (Wildman–Crippen MR) is 82.2 cm³/mol. The summed E-state index contributed by atoms with van der Waals surface area (Å²) in [7, 11) is 0. The summed E-state index contributed by atoms with van der Waals surface area (Å²) in [5.74, 6) is -0.166. The highest BCUT2D eigenvalue weighted by molar-refractivity contribution is 5.94. The number of likely N-dealkylation sites (tertiary alicyclic amines) is 1. The molecule has 0 saturated carbocycles. The highest BCUT2D eigenvalue weighted by Gasteiger charge is 2.27. The van der Waals surface area contributed by atoms with Crippen LogP contribution in [0.1, 0.15) is 30.1 Å². The maximum Gasteiger partial charge on any atom is 0.261 e. The summed E-state index contributed by atoms with van der Waals surface area (Å²) in [5, 5.41) is 0. The monoisotopic (exact) mass is 282 g/mol. The number of carbonyl (C=O) groups is 1. The molecule has 1 atom stereocenters. The van der Waals surface area contributed by atoms with E-state index in [1.54, 1.807) is 17.0 Å². The zero-order chi connectivity index (χ0) is 14.8. The van der Waals surface area contributed by atoms with E-state index in [0.717, 1.165) is 30.6 Å². The molecule has 0 unspecified atom stereocenters. The van der Waals surface area contributed by atoms with Crippen LogP contribution in [-0.4, -0.2) is 28.4 Å². The van der Waals surface area contributed by atoms with Crippen molar-refractivity contribution < 1.29 is 4.79 Å². The van der Waals surface area contributed by atoms with Gasteiger partial charge in [-0.15, -0.1) is 0 Å². The lowest BCUT2D eigenvalue weighted by atomic mass is 10.1. The predicted octanol–water partition coefficient (Wildman–Crippen LogP) is 2.67. The Balaban J connectivity index is 1.92. The minimum atomic E-state index is -0.319. The fraction of sp³-hybridized carbons (Fsp3) is 0.294. The van der Waals surface area contributed by atoms with E-state index in [4.69, 9.17) is 0 Å². The molecule has 1 N–H and O–H groups in total. The second kappa shape index (κ2) is 5.56. The first-order valence-electron chi connectivity index (χ1n) is 7.26. The molecular formula is C17H18N2O2. The van der Waals surface area contributed by atoms with Gasteiger partial charge in [0.05, 0.1) is 0 Å². The Kier molecular flexibility index (Phi) is 3.60. The molecule has 1 aromatic heterocycles. The van der Waals surface area contributed by atoms with Crippen LogP contribution in [0.25, 0.3) is 11.3 Å². The number of H-pyrrole nitrogens is 1. The molecule has 1 fully saturated rings. The summed E-state index contributed by atoms with van der Waals surface area (Å²) in [6.07, 6.45) is 2.01. The van der Waals surface area contributed by atoms with Gasteiger partial charge in [0.25, 0.3) is 11.5 Å². The number of benzene rings is 1. The number of carbonyl (C=O) groups excluding carboxylic acids is 1. The van der Waals surface area contributed by atoms with Gasteiger partial charge in [0.2, 0.25) is 0 Å². The van der Waals surface area contributed by atoms with Crippen molar-refractivity contribution in [3.8, 4) is 11.3 Å². The molecule has 2 heterocycles. The molecule has 21 heavy (non-hydrogen) atoms. The second-order valence-corrected chi connectivity index (χ2v) is 5.47. The van der Waals surface area contributed by atoms with Gasteiger partial charge in [0.15, 0.2) is 0 Å². The fourth-order valence-electron chi connectivity index (χ4n) is 2.82. The molecule has 1 aliphatic rings. The van der Waals surface area contributed by atoms with Crippen molar-refractivity contribution >= 4 is 5.91 Å². The summed E-state index contributed by atoms with van der Waals surface area (Å²) in [6.45, 7) is 2.76. The van der Waals surface area contributed by atoms with Crippen molar-refractivity contribution in [1.82, 2.24) is 9.88 Å². The maximum atomic E-state index is 12.4. The van der Waals surface area contributed by atoms with Crippen LogP contribution in [0.3, 0.4) is 0 Å². The molecule has 0 radical (unpaired) electrons. The lowest BCUT2D eigenvalue weighted by Crippen LogP contribution is -2.36. The number of amides is 1. The molecule has 0 bridgehead atoms. The largest absolute Gasteiger partial charge is 0.336 e. The number of nitrogens with one attached hydrogen (secondary N) is 1. The van der Waals surface area contributed by atoms with Gasteiger partial charge in [-0.05, 0) is 37.5 Å². The van der Waals surface area contributed by atoms with Crippen LogP contribution in [0.5, 0.6) is 0 Å². The Bertz CT molecular complexity index is 706. The van der Waals surface area contributed by atoms with Gasteiger partial charge in [-0.3, -0.25) is 9.59 Å². The van der Waals surface area contributed by atoms with E-state index in [2.05, 4.69) is 4.98 Å². The van der Waals surface area contributed by atoms with Crippen LogP contribution in [0, 0.1) is 0 Å². The van der Waals surface area contributed by atoms with Crippen LogP contribution in [0.4, 0.5) is 0 Å². The summed E-state index contributed by atoms with van der Waals surface area (Å²) in [6, 6.07) is 13.3. The van der Waals surface area contributed by atoms with Crippen LogP contribution in [0.2, 0.25) is 0 Å². The van der Waals surface area contributed by atoms with Gasteiger partial charge in [0.1, 0.15) is 5.56 Å². The standard InChI is InChI=1S/C17H18N2O2/c1-12-6-5-11-19(12)17(21)14-9-10-15(18-16(14)20)13-7-3-2-4-8-13/h2-4,7-10,12H,5-6,11H2,1H3,(H,18,20)/t12-/m1/s1. The van der Waals surface area contributed by atoms with Crippen molar-refractivity contribution in [1.29, 1.82) is 0 Å². The minimum absolute atomic E-state index is 0.166. The van der Waals surface area contributed by atoms with Crippen molar-refractivity contribution in [2.45, 2.75) is 25.8 Å². The molecular weight excluding hydrogens is 264 g/mol. The Hall–Kier alpha value is -2.36. The zero-order valence-electron chi connectivity index (χ0n) is 12.0. The first kappa shape index (κ1) is 13.6. The van der Waals surface area contributed by atoms with E-state index in [1.807, 2.05) is 37.3 Å². The zero-order valence-corrected chi connectivity index (χ0v) is 12.0. The normalized spacial score (nSPS) is 18.0. The molecule has 3 rings (SSSR count). The van der Waals surface area contributed by atoms with Crippen molar-refractivity contribution in [2.75, 3.05) is 6.54 Å². The third kappa shape index (κ3) is 2.61. The SMILES string of the molecule is C[C@@H]1CCCN1C(=O)c1ccc(-c2ccccc2)[nH]c1=O. The smallest absolute Gasteiger partial charge is 0.261 e. The first-order valence-corrected chi connectivity index (χ1v) is 7.26. The number of pyridine rings is 1. The molecule has 2 aromatic rings. The average molecular weight is 282 g/mol. The lowest BCUT2D eigenvalue weighted by molar-refractivity contribution is 0.0745. The summed E-state index contributed by atoms with van der Waals surface area (Å²) < 4.78 is 0. The Morgan fingerprint density at radius 3 is 2.57 bits per heavy atom. The van der Waals surface area contributed by atoms with Gasteiger partial charge in [-0.2, -0.15) is 0 Å². The maximum absolute atomic E-state index is 12.4. The number of hydrogen-bond donors (Lipinski definition) is 1. The molecule has 1 amide bonds. The van der Waals surface area contributed by atoms with Crippen molar-refractivity contribution in [3.63, 3.8) is 0 Å². The third-order valence-electron chi connectivity index (χ3n) is 4.04. The van der Waals surface area contributed by atoms with Gasteiger partial charge in [0, 0.05) is 18.3 Å². The highest BCUT2D eigenvalue weighted by Crippen LogP contribution is 2.19. The summed E-state index contributed by atoms with van der Waals surface area (Å²) >= 11 is 0. The van der Waals surface area contributed by atoms with E-state index >= 15 is 0 Å². The van der Waals surface area contributed by atoms with Crippen molar-refractivity contribution in [3.05, 3.63) is 58.4 Å². The summed E-state index contributed by atoms with van der Waals surface area (Å²) in [4.78, 5) is 29.2. The van der Waals surface area contributed by atoms with E-state index in [1.165, 1.54) is 0 Å². The molecule has 1 aliphatic heterocycles. The van der Waals surface area contributed by atoms with Crippen LogP contribution >= 0.6 is 0 Å². The second-order valence-electron chi connectivity index (χ2n) is 5.47. The van der Waals surface area contributed by atoms with Crippen LogP contribution in [0.15, 0.2) is 47.3 Å². The molecule has 108 valence electrons. The van der Waals surface area contributed by atoms with Crippen LogP contribution in [-0.2, 0) is 0 Å². The van der Waals surface area contributed by atoms with Crippen molar-refractivity contribution in [2.24, 2.45) is 0 Å². The number of aromatic amines is 1. The Morgan fingerprint density at radius 1 is 1.19 bits per heavy atom. The summed E-state index contributed by atoms with van der Waals surface area (Å²) in [5.41, 5.74) is 1.57. The average Bonchev–Trinajstić information content (AvgIpc) is 2.93. The highest BCUT2D eigenvalue weighted by atomic mass is 16.2. The molecule has 1 saturated heterocycles. The minimum Gasteiger partial charge on any atom is -0.336 e.